The van der Waals surface area contributed by atoms with Crippen LogP contribution in [-0.4, -0.2) is 65.3 Å². The van der Waals surface area contributed by atoms with E-state index < -0.39 is 0 Å². The van der Waals surface area contributed by atoms with Crippen molar-refractivity contribution in [2.45, 2.75) is 19.9 Å². The topological polar surface area (TPSA) is 67.4 Å². The Balaban J connectivity index is 1.99. The quantitative estimate of drug-likeness (QED) is 0.810. The van der Waals surface area contributed by atoms with Crippen LogP contribution >= 0.6 is 0 Å². The highest BCUT2D eigenvalue weighted by atomic mass is 16.2. The second kappa shape index (κ2) is 6.85. The van der Waals surface area contributed by atoms with E-state index in [1.807, 2.05) is 15.6 Å². The summed E-state index contributed by atoms with van der Waals surface area (Å²) < 4.78 is 1.93. The molecule has 0 aliphatic carbocycles. The molecule has 6 nitrogen and oxygen atoms in total. The Labute approximate surface area is 120 Å². The molecule has 1 amide bonds. The van der Waals surface area contributed by atoms with E-state index in [1.165, 1.54) is 0 Å². The monoisotopic (exact) mass is 279 g/mol. The molecule has 1 unspecified atom stereocenters. The molecule has 6 heteroatoms. The van der Waals surface area contributed by atoms with Crippen molar-refractivity contribution in [2.24, 2.45) is 11.7 Å². The molecule has 0 radical (unpaired) electrons. The fraction of sp³-hybridized carbons (Fsp3) is 0.714. The molecule has 20 heavy (non-hydrogen) atoms. The van der Waals surface area contributed by atoms with E-state index in [1.54, 1.807) is 6.20 Å². The Hall–Kier alpha value is -1.40. The van der Waals surface area contributed by atoms with E-state index in [-0.39, 0.29) is 11.8 Å². The van der Waals surface area contributed by atoms with Crippen LogP contribution < -0.4 is 5.73 Å². The summed E-state index contributed by atoms with van der Waals surface area (Å²) in [4.78, 5) is 16.8. The standard InChI is InChI=1S/C14H25N5O/c1-3-19-13(4-5-16-19)10-12(11-15)14(20)18-8-6-17(2)7-9-18/h4-5,12H,3,6-11,15H2,1-2H3. The lowest BCUT2D eigenvalue weighted by Crippen LogP contribution is -2.50. The van der Waals surface area contributed by atoms with Crippen LogP contribution in [0.3, 0.4) is 0 Å². The molecule has 1 atom stereocenters. The molecule has 1 aromatic heterocycles. The number of amides is 1. The van der Waals surface area contributed by atoms with Crippen LogP contribution in [0.2, 0.25) is 0 Å². The van der Waals surface area contributed by atoms with Gasteiger partial charge in [-0.2, -0.15) is 5.10 Å². The summed E-state index contributed by atoms with van der Waals surface area (Å²) >= 11 is 0. The zero-order chi connectivity index (χ0) is 14.5. The van der Waals surface area contributed by atoms with Crippen LogP contribution in [0.4, 0.5) is 0 Å². The van der Waals surface area contributed by atoms with Crippen molar-refractivity contribution in [1.29, 1.82) is 0 Å². The average molecular weight is 279 g/mol. The summed E-state index contributed by atoms with van der Waals surface area (Å²) in [5, 5.41) is 4.25. The molecular weight excluding hydrogens is 254 g/mol. The van der Waals surface area contributed by atoms with E-state index in [0.717, 1.165) is 38.4 Å². The van der Waals surface area contributed by atoms with Crippen molar-refractivity contribution in [2.75, 3.05) is 39.8 Å². The van der Waals surface area contributed by atoms with Crippen molar-refractivity contribution < 1.29 is 4.79 Å². The van der Waals surface area contributed by atoms with E-state index in [4.69, 9.17) is 5.73 Å². The number of hydrogen-bond donors (Lipinski definition) is 1. The predicted octanol–water partition coefficient (Wildman–Crippen LogP) is -0.206. The first-order chi connectivity index (χ1) is 9.65. The summed E-state index contributed by atoms with van der Waals surface area (Å²) in [5.41, 5.74) is 6.92. The zero-order valence-corrected chi connectivity index (χ0v) is 12.5. The Morgan fingerprint density at radius 1 is 1.40 bits per heavy atom. The summed E-state index contributed by atoms with van der Waals surface area (Å²) in [6, 6.07) is 1.98. The van der Waals surface area contributed by atoms with Gasteiger partial charge in [0.1, 0.15) is 0 Å². The van der Waals surface area contributed by atoms with Crippen LogP contribution in [0.15, 0.2) is 12.3 Å². The number of nitrogens with zero attached hydrogens (tertiary/aromatic N) is 4. The lowest BCUT2D eigenvalue weighted by Gasteiger charge is -2.34. The number of aryl methyl sites for hydroxylation is 1. The molecule has 0 bridgehead atoms. The van der Waals surface area contributed by atoms with Crippen LogP contribution in [0.25, 0.3) is 0 Å². The summed E-state index contributed by atoms with van der Waals surface area (Å²) in [6.07, 6.45) is 2.46. The largest absolute Gasteiger partial charge is 0.340 e. The maximum absolute atomic E-state index is 12.6. The minimum Gasteiger partial charge on any atom is -0.340 e. The van der Waals surface area contributed by atoms with Gasteiger partial charge in [-0.15, -0.1) is 0 Å². The van der Waals surface area contributed by atoms with E-state index >= 15 is 0 Å². The number of nitrogens with two attached hydrogens (primary N) is 1. The van der Waals surface area contributed by atoms with Crippen molar-refractivity contribution in [3.8, 4) is 0 Å². The number of piperazine rings is 1. The molecule has 2 heterocycles. The van der Waals surface area contributed by atoms with E-state index in [2.05, 4.69) is 24.0 Å². The van der Waals surface area contributed by atoms with Gasteiger partial charge in [0.05, 0.1) is 5.92 Å². The Bertz CT molecular complexity index is 437. The Kier molecular flexibility index (Phi) is 5.14. The minimum atomic E-state index is -0.139. The maximum atomic E-state index is 12.6. The average Bonchev–Trinajstić information content (AvgIpc) is 2.92. The van der Waals surface area contributed by atoms with Crippen LogP contribution in [-0.2, 0) is 17.8 Å². The summed E-state index contributed by atoms with van der Waals surface area (Å²) in [6.45, 7) is 6.75. The second-order valence-corrected chi connectivity index (χ2v) is 5.40. The molecule has 2 rings (SSSR count). The third-order valence-electron chi connectivity index (χ3n) is 4.01. The molecule has 2 N–H and O–H groups in total. The maximum Gasteiger partial charge on any atom is 0.227 e. The number of likely N-dealkylation sites (N-methyl/N-ethyl adjacent to an activating group) is 1. The highest BCUT2D eigenvalue weighted by molar-refractivity contribution is 5.79. The first-order valence-electron chi connectivity index (χ1n) is 7.33. The fourth-order valence-corrected chi connectivity index (χ4v) is 2.63. The third kappa shape index (κ3) is 3.37. The number of aromatic nitrogens is 2. The lowest BCUT2D eigenvalue weighted by molar-refractivity contribution is -0.136. The summed E-state index contributed by atoms with van der Waals surface area (Å²) in [7, 11) is 2.09. The van der Waals surface area contributed by atoms with Gasteiger partial charge < -0.3 is 15.5 Å². The first kappa shape index (κ1) is 15.0. The van der Waals surface area contributed by atoms with Crippen LogP contribution in [0, 0.1) is 5.92 Å². The SMILES string of the molecule is CCn1nccc1CC(CN)C(=O)N1CCN(C)CC1. The van der Waals surface area contributed by atoms with Crippen LogP contribution in [0.5, 0.6) is 0 Å². The minimum absolute atomic E-state index is 0.139. The van der Waals surface area contributed by atoms with Crippen LogP contribution in [0.1, 0.15) is 12.6 Å². The molecule has 1 aromatic rings. The van der Waals surface area contributed by atoms with E-state index in [0.29, 0.717) is 13.0 Å². The van der Waals surface area contributed by atoms with Gasteiger partial charge in [-0.05, 0) is 20.0 Å². The van der Waals surface area contributed by atoms with Gasteiger partial charge in [0.15, 0.2) is 0 Å². The van der Waals surface area contributed by atoms with Gasteiger partial charge in [-0.3, -0.25) is 9.48 Å². The molecule has 0 aromatic carbocycles. The molecule has 1 aliphatic rings. The van der Waals surface area contributed by atoms with Gasteiger partial charge >= 0.3 is 0 Å². The number of rotatable bonds is 5. The van der Waals surface area contributed by atoms with E-state index in [9.17, 15) is 4.79 Å². The Morgan fingerprint density at radius 2 is 2.10 bits per heavy atom. The molecule has 0 saturated carbocycles. The van der Waals surface area contributed by atoms with Gasteiger partial charge in [-0.25, -0.2) is 0 Å². The molecule has 1 aliphatic heterocycles. The van der Waals surface area contributed by atoms with Gasteiger partial charge in [0, 0.05) is 57.6 Å². The molecule has 112 valence electrons. The molecule has 0 spiro atoms. The number of hydrogen-bond acceptors (Lipinski definition) is 4. The lowest BCUT2D eigenvalue weighted by atomic mass is 10.0. The zero-order valence-electron chi connectivity index (χ0n) is 12.5. The number of carbonyl (C=O) groups is 1. The van der Waals surface area contributed by atoms with Gasteiger partial charge in [0.2, 0.25) is 5.91 Å². The normalized spacial score (nSPS) is 18.2. The van der Waals surface area contributed by atoms with Crippen molar-refractivity contribution >= 4 is 5.91 Å². The predicted molar refractivity (Wildman–Crippen MR) is 78.2 cm³/mol. The highest BCUT2D eigenvalue weighted by Crippen LogP contribution is 2.12. The fourth-order valence-electron chi connectivity index (χ4n) is 2.63. The number of carbonyl (C=O) groups excluding carboxylic acids is 1. The summed E-state index contributed by atoms with van der Waals surface area (Å²) in [5.74, 6) is 0.0462. The second-order valence-electron chi connectivity index (χ2n) is 5.40. The molecule has 1 saturated heterocycles. The van der Waals surface area contributed by atoms with Gasteiger partial charge in [-0.1, -0.05) is 0 Å². The van der Waals surface area contributed by atoms with Gasteiger partial charge in [0.25, 0.3) is 0 Å². The smallest absolute Gasteiger partial charge is 0.227 e. The van der Waals surface area contributed by atoms with Crippen molar-refractivity contribution in [3.63, 3.8) is 0 Å². The third-order valence-corrected chi connectivity index (χ3v) is 4.01. The Morgan fingerprint density at radius 3 is 2.70 bits per heavy atom. The van der Waals surface area contributed by atoms with Crippen molar-refractivity contribution in [1.82, 2.24) is 19.6 Å². The molecule has 1 fully saturated rings. The van der Waals surface area contributed by atoms with Crippen molar-refractivity contribution in [3.05, 3.63) is 18.0 Å². The highest BCUT2D eigenvalue weighted by Gasteiger charge is 2.26. The first-order valence-corrected chi connectivity index (χ1v) is 7.33. The molecular formula is C14H25N5O.